The number of hydrogen-bond donors (Lipinski definition) is 2. The minimum Gasteiger partial charge on any atom is -0.396 e. The third-order valence-electron chi connectivity index (χ3n) is 1.87. The molecule has 0 fully saturated rings. The van der Waals surface area contributed by atoms with Crippen LogP contribution in [0, 0.1) is 0 Å². The first kappa shape index (κ1) is 10.1. The largest absolute Gasteiger partial charge is 0.396 e. The van der Waals surface area contributed by atoms with Gasteiger partial charge in [-0.05, 0) is 12.8 Å². The first-order valence-corrected chi connectivity index (χ1v) is 4.56. The lowest BCUT2D eigenvalue weighted by molar-refractivity contribution is 0.284. The number of aryl methyl sites for hydroxylation is 1. The predicted octanol–water partition coefficient (Wildman–Crippen LogP) is -0.448. The van der Waals surface area contributed by atoms with Crippen molar-refractivity contribution in [3.8, 4) is 0 Å². The van der Waals surface area contributed by atoms with E-state index >= 15 is 0 Å². The number of aromatic nitrogens is 3. The maximum absolute atomic E-state index is 8.60. The smallest absolute Gasteiger partial charge is 0.132 e. The topological polar surface area (TPSA) is 77.0 Å². The molecule has 0 aliphatic rings. The second-order valence-corrected chi connectivity index (χ2v) is 2.91. The van der Waals surface area contributed by atoms with Crippen LogP contribution in [-0.4, -0.2) is 33.0 Å². The second-order valence-electron chi connectivity index (χ2n) is 2.91. The predicted molar refractivity (Wildman–Crippen MR) is 49.1 cm³/mol. The summed E-state index contributed by atoms with van der Waals surface area (Å²) in [4.78, 5) is 0. The fourth-order valence-electron chi connectivity index (χ4n) is 1.19. The highest BCUT2D eigenvalue weighted by Crippen LogP contribution is 2.00. The highest BCUT2D eigenvalue weighted by molar-refractivity contribution is 4.85. The molecule has 5 heteroatoms. The summed E-state index contributed by atoms with van der Waals surface area (Å²) in [6.45, 7) is 1.61. The van der Waals surface area contributed by atoms with E-state index in [2.05, 4.69) is 10.2 Å². The Morgan fingerprint density at radius 2 is 2.31 bits per heavy atom. The van der Waals surface area contributed by atoms with Crippen molar-refractivity contribution in [1.29, 1.82) is 0 Å². The van der Waals surface area contributed by atoms with Crippen LogP contribution in [0.2, 0.25) is 0 Å². The lowest BCUT2D eigenvalue weighted by Crippen LogP contribution is -2.12. The van der Waals surface area contributed by atoms with Crippen molar-refractivity contribution in [2.45, 2.75) is 25.8 Å². The van der Waals surface area contributed by atoms with Gasteiger partial charge >= 0.3 is 0 Å². The molecule has 3 N–H and O–H groups in total. The SMILES string of the molecule is NCCn1cnnc1CCCCO. The van der Waals surface area contributed by atoms with E-state index in [0.29, 0.717) is 6.54 Å². The van der Waals surface area contributed by atoms with Crippen molar-refractivity contribution < 1.29 is 5.11 Å². The lowest BCUT2D eigenvalue weighted by atomic mass is 10.2. The molecule has 0 spiro atoms. The number of aliphatic hydroxyl groups is 1. The van der Waals surface area contributed by atoms with Crippen molar-refractivity contribution in [3.63, 3.8) is 0 Å². The average Bonchev–Trinajstić information content (AvgIpc) is 2.54. The number of nitrogens with two attached hydrogens (primary N) is 1. The van der Waals surface area contributed by atoms with Gasteiger partial charge in [-0.25, -0.2) is 0 Å². The van der Waals surface area contributed by atoms with Gasteiger partial charge in [0.1, 0.15) is 12.2 Å². The maximum Gasteiger partial charge on any atom is 0.132 e. The summed E-state index contributed by atoms with van der Waals surface area (Å²) in [5.41, 5.74) is 5.43. The van der Waals surface area contributed by atoms with Gasteiger partial charge in [0.25, 0.3) is 0 Å². The average molecular weight is 184 g/mol. The fraction of sp³-hybridized carbons (Fsp3) is 0.750. The monoisotopic (exact) mass is 184 g/mol. The van der Waals surface area contributed by atoms with Crippen molar-refractivity contribution in [1.82, 2.24) is 14.8 Å². The molecule has 0 aliphatic heterocycles. The highest BCUT2D eigenvalue weighted by atomic mass is 16.2. The molecule has 0 radical (unpaired) electrons. The number of aliphatic hydroxyl groups excluding tert-OH is 1. The Kier molecular flexibility index (Phi) is 4.42. The molecular weight excluding hydrogens is 168 g/mol. The normalized spacial score (nSPS) is 10.6. The molecule has 0 aliphatic carbocycles. The molecule has 0 bridgehead atoms. The summed E-state index contributed by atoms with van der Waals surface area (Å²) in [5, 5.41) is 16.4. The van der Waals surface area contributed by atoms with Gasteiger partial charge in [0.05, 0.1) is 0 Å². The number of unbranched alkanes of at least 4 members (excludes halogenated alkanes) is 1. The van der Waals surface area contributed by atoms with E-state index in [4.69, 9.17) is 10.8 Å². The third kappa shape index (κ3) is 3.12. The summed E-state index contributed by atoms with van der Waals surface area (Å²) >= 11 is 0. The zero-order valence-corrected chi connectivity index (χ0v) is 7.69. The van der Waals surface area contributed by atoms with E-state index in [0.717, 1.165) is 31.6 Å². The fourth-order valence-corrected chi connectivity index (χ4v) is 1.19. The summed E-state index contributed by atoms with van der Waals surface area (Å²) in [6.07, 6.45) is 4.32. The van der Waals surface area contributed by atoms with Crippen LogP contribution in [0.4, 0.5) is 0 Å². The Labute approximate surface area is 77.6 Å². The van der Waals surface area contributed by atoms with Gasteiger partial charge in [0.15, 0.2) is 0 Å². The van der Waals surface area contributed by atoms with Crippen LogP contribution in [0.25, 0.3) is 0 Å². The van der Waals surface area contributed by atoms with Crippen LogP contribution >= 0.6 is 0 Å². The van der Waals surface area contributed by atoms with Crippen LogP contribution in [0.5, 0.6) is 0 Å². The van der Waals surface area contributed by atoms with Gasteiger partial charge in [0.2, 0.25) is 0 Å². The van der Waals surface area contributed by atoms with Crippen LogP contribution in [0.1, 0.15) is 18.7 Å². The second kappa shape index (κ2) is 5.66. The zero-order valence-electron chi connectivity index (χ0n) is 7.69. The van der Waals surface area contributed by atoms with Crippen LogP contribution in [-0.2, 0) is 13.0 Å². The number of rotatable bonds is 6. The Morgan fingerprint density at radius 3 is 3.00 bits per heavy atom. The van der Waals surface area contributed by atoms with E-state index in [1.807, 2.05) is 4.57 Å². The Bertz CT molecular complexity index is 236. The molecule has 0 saturated carbocycles. The maximum atomic E-state index is 8.60. The van der Waals surface area contributed by atoms with Gasteiger partial charge < -0.3 is 15.4 Å². The van der Waals surface area contributed by atoms with E-state index in [1.165, 1.54) is 0 Å². The minimum atomic E-state index is 0.241. The third-order valence-corrected chi connectivity index (χ3v) is 1.87. The molecule has 1 aromatic rings. The molecule has 0 amide bonds. The molecule has 0 saturated heterocycles. The molecule has 1 heterocycles. The van der Waals surface area contributed by atoms with Crippen molar-refractivity contribution in [2.75, 3.05) is 13.2 Å². The molecule has 0 atom stereocenters. The van der Waals surface area contributed by atoms with Gasteiger partial charge in [-0.2, -0.15) is 0 Å². The minimum absolute atomic E-state index is 0.241. The molecule has 13 heavy (non-hydrogen) atoms. The first-order chi connectivity index (χ1) is 6.38. The zero-order chi connectivity index (χ0) is 9.52. The van der Waals surface area contributed by atoms with Gasteiger partial charge in [0, 0.05) is 26.1 Å². The summed E-state index contributed by atoms with van der Waals surface area (Å²) in [7, 11) is 0. The Hall–Kier alpha value is -0.940. The standard InChI is InChI=1S/C8H16N4O/c9-4-5-12-7-10-11-8(12)3-1-2-6-13/h7,13H,1-6,9H2. The van der Waals surface area contributed by atoms with Gasteiger partial charge in [-0.15, -0.1) is 10.2 Å². The number of nitrogens with zero attached hydrogens (tertiary/aromatic N) is 3. The molecule has 1 rings (SSSR count). The number of hydrogen-bond acceptors (Lipinski definition) is 4. The molecular formula is C8H16N4O. The molecule has 0 aromatic carbocycles. The highest BCUT2D eigenvalue weighted by Gasteiger charge is 2.01. The van der Waals surface area contributed by atoms with Crippen LogP contribution in [0.3, 0.4) is 0 Å². The summed E-state index contributed by atoms with van der Waals surface area (Å²) < 4.78 is 1.96. The van der Waals surface area contributed by atoms with E-state index in [-0.39, 0.29) is 6.61 Å². The van der Waals surface area contributed by atoms with Crippen molar-refractivity contribution in [2.24, 2.45) is 5.73 Å². The van der Waals surface area contributed by atoms with Crippen molar-refractivity contribution >= 4 is 0 Å². The Morgan fingerprint density at radius 1 is 1.46 bits per heavy atom. The Balaban J connectivity index is 2.40. The van der Waals surface area contributed by atoms with Crippen LogP contribution in [0.15, 0.2) is 6.33 Å². The van der Waals surface area contributed by atoms with Crippen molar-refractivity contribution in [3.05, 3.63) is 12.2 Å². The molecule has 1 aromatic heterocycles. The van der Waals surface area contributed by atoms with E-state index < -0.39 is 0 Å². The molecule has 5 nitrogen and oxygen atoms in total. The van der Waals surface area contributed by atoms with Gasteiger partial charge in [-0.1, -0.05) is 0 Å². The lowest BCUT2D eigenvalue weighted by Gasteiger charge is -2.03. The quantitative estimate of drug-likeness (QED) is 0.587. The van der Waals surface area contributed by atoms with Gasteiger partial charge in [-0.3, -0.25) is 0 Å². The molecule has 0 unspecified atom stereocenters. The van der Waals surface area contributed by atoms with E-state index in [9.17, 15) is 0 Å². The van der Waals surface area contributed by atoms with E-state index in [1.54, 1.807) is 6.33 Å². The van der Waals surface area contributed by atoms with Crippen LogP contribution < -0.4 is 5.73 Å². The molecule has 74 valence electrons. The first-order valence-electron chi connectivity index (χ1n) is 4.56. The summed E-state index contributed by atoms with van der Waals surface area (Å²) in [6, 6.07) is 0. The summed E-state index contributed by atoms with van der Waals surface area (Å²) in [5.74, 6) is 0.957.